The molecule has 4 rings (SSSR count). The third-order valence-electron chi connectivity index (χ3n) is 4.78. The van der Waals surface area contributed by atoms with E-state index in [2.05, 4.69) is 4.98 Å². The van der Waals surface area contributed by atoms with Gasteiger partial charge in [-0.15, -0.1) is 0 Å². The van der Waals surface area contributed by atoms with Crippen LogP contribution in [-0.2, 0) is 4.79 Å². The van der Waals surface area contributed by atoms with Gasteiger partial charge < -0.3 is 14.9 Å². The summed E-state index contributed by atoms with van der Waals surface area (Å²) in [5.74, 6) is -1.10. The molecular formula is C22H17N3O5. The van der Waals surface area contributed by atoms with Crippen LogP contribution in [-0.4, -0.2) is 28.1 Å². The maximum Gasteiger partial charge on any atom is 0.366 e. The number of ketones is 1. The Balaban J connectivity index is 1.74. The van der Waals surface area contributed by atoms with Crippen molar-refractivity contribution < 1.29 is 19.2 Å². The number of nitrogens with zero attached hydrogens (tertiary/aromatic N) is 3. The maximum absolute atomic E-state index is 13.2. The van der Waals surface area contributed by atoms with Crippen molar-refractivity contribution in [3.05, 3.63) is 93.5 Å². The van der Waals surface area contributed by atoms with Crippen molar-refractivity contribution in [3.63, 3.8) is 0 Å². The van der Waals surface area contributed by atoms with Gasteiger partial charge in [-0.1, -0.05) is 60.2 Å². The predicted octanol–water partition coefficient (Wildman–Crippen LogP) is 3.65. The molecule has 1 amide bonds. The van der Waals surface area contributed by atoms with Crippen LogP contribution < -0.4 is 9.64 Å². The topological polar surface area (TPSA) is 103 Å². The quantitative estimate of drug-likeness (QED) is 0.366. The lowest BCUT2D eigenvalue weighted by atomic mass is 10.0. The molecule has 8 heteroatoms. The minimum absolute atomic E-state index is 0.0400. The van der Waals surface area contributed by atoms with Crippen LogP contribution in [0, 0.1) is 17.0 Å². The van der Waals surface area contributed by atoms with Crippen LogP contribution >= 0.6 is 0 Å². The van der Waals surface area contributed by atoms with E-state index in [4.69, 9.17) is 4.74 Å². The molecular weight excluding hydrogens is 386 g/mol. The normalized spacial score (nSPS) is 15.3. The van der Waals surface area contributed by atoms with Crippen LogP contribution in [0.15, 0.2) is 66.7 Å². The summed E-state index contributed by atoms with van der Waals surface area (Å²) in [5.41, 5.74) is 2.04. The highest BCUT2D eigenvalue weighted by Gasteiger charge is 2.40. The number of fused-ring (bicyclic) bond motifs is 1. The second-order valence-electron chi connectivity index (χ2n) is 6.87. The molecule has 1 aliphatic heterocycles. The van der Waals surface area contributed by atoms with Gasteiger partial charge in [0.05, 0.1) is 6.54 Å². The number of nitro groups is 1. The first-order valence-corrected chi connectivity index (χ1v) is 9.22. The molecule has 2 heterocycles. The second kappa shape index (κ2) is 7.75. The van der Waals surface area contributed by atoms with Crippen LogP contribution in [0.5, 0.6) is 5.75 Å². The minimum Gasteiger partial charge on any atom is -0.469 e. The predicted molar refractivity (Wildman–Crippen MR) is 109 cm³/mol. The van der Waals surface area contributed by atoms with Gasteiger partial charge >= 0.3 is 5.82 Å². The molecule has 150 valence electrons. The molecule has 2 aromatic carbocycles. The van der Waals surface area contributed by atoms with Gasteiger partial charge in [0.15, 0.2) is 11.5 Å². The van der Waals surface area contributed by atoms with E-state index in [1.807, 2.05) is 13.0 Å². The van der Waals surface area contributed by atoms with Gasteiger partial charge in [0.25, 0.3) is 11.7 Å². The van der Waals surface area contributed by atoms with Gasteiger partial charge in [-0.3, -0.25) is 14.5 Å². The number of amides is 1. The van der Waals surface area contributed by atoms with Gasteiger partial charge in [0.1, 0.15) is 0 Å². The van der Waals surface area contributed by atoms with E-state index >= 15 is 0 Å². The number of benzene rings is 2. The summed E-state index contributed by atoms with van der Waals surface area (Å²) in [6, 6.07) is 18.4. The van der Waals surface area contributed by atoms with Crippen LogP contribution in [0.25, 0.3) is 0 Å². The van der Waals surface area contributed by atoms with E-state index in [0.717, 1.165) is 10.5 Å². The van der Waals surface area contributed by atoms with Crippen molar-refractivity contribution in [2.24, 2.45) is 0 Å². The number of ether oxygens (including phenoxy) is 1. The molecule has 3 aromatic rings. The summed E-state index contributed by atoms with van der Waals surface area (Å²) in [7, 11) is 0. The van der Waals surface area contributed by atoms with E-state index < -0.39 is 22.8 Å². The Morgan fingerprint density at radius 2 is 1.80 bits per heavy atom. The summed E-state index contributed by atoms with van der Waals surface area (Å²) in [4.78, 5) is 41.7. The molecule has 0 fully saturated rings. The Morgan fingerprint density at radius 1 is 1.10 bits per heavy atom. The monoisotopic (exact) mass is 403 g/mol. The summed E-state index contributed by atoms with van der Waals surface area (Å²) < 4.78 is 5.81. The summed E-state index contributed by atoms with van der Waals surface area (Å²) >= 11 is 0. The molecule has 0 aliphatic carbocycles. The van der Waals surface area contributed by atoms with Crippen LogP contribution in [0.1, 0.15) is 27.6 Å². The highest BCUT2D eigenvalue weighted by Crippen LogP contribution is 2.38. The number of carbonyl (C=O) groups excluding carboxylic acids is 2. The van der Waals surface area contributed by atoms with Gasteiger partial charge in [-0.05, 0) is 22.9 Å². The lowest BCUT2D eigenvalue weighted by Gasteiger charge is -2.31. The molecule has 0 saturated carbocycles. The van der Waals surface area contributed by atoms with E-state index in [9.17, 15) is 19.7 Å². The number of aryl methyl sites for hydroxylation is 1. The first-order valence-electron chi connectivity index (χ1n) is 9.22. The Morgan fingerprint density at radius 3 is 2.47 bits per heavy atom. The Kier molecular flexibility index (Phi) is 4.97. The molecule has 1 unspecified atom stereocenters. The Hall–Kier alpha value is -4.07. The van der Waals surface area contributed by atoms with E-state index in [1.54, 1.807) is 48.5 Å². The fraction of sp³-hybridized carbons (Fsp3) is 0.136. The number of hydrogen-bond donors (Lipinski definition) is 0. The molecule has 30 heavy (non-hydrogen) atoms. The average molecular weight is 403 g/mol. The summed E-state index contributed by atoms with van der Waals surface area (Å²) in [6.45, 7) is 1.60. The number of carbonyl (C=O) groups is 2. The molecule has 1 aliphatic rings. The number of pyridine rings is 1. The summed E-state index contributed by atoms with van der Waals surface area (Å²) in [6.07, 6.45) is -0.979. The first-order chi connectivity index (χ1) is 14.4. The fourth-order valence-electron chi connectivity index (χ4n) is 3.20. The number of hydrogen-bond acceptors (Lipinski definition) is 6. The molecule has 0 radical (unpaired) electrons. The number of Topliss-reactive ketones (excluding diaryl/α,β-unsaturated/α-hetero) is 1. The first kappa shape index (κ1) is 19.3. The standard InChI is InChI=1S/C22H17N3O5/c1-14-7-9-15(10-8-14)17(26)13-24-21-18(11-12-19(23-21)25(28)29)30-20(22(24)27)16-5-3-2-4-6-16/h2-12,20H,13H2,1H3. The van der Waals surface area contributed by atoms with Gasteiger partial charge in [-0.2, -0.15) is 0 Å². The van der Waals surface area contributed by atoms with Crippen LogP contribution in [0.2, 0.25) is 0 Å². The largest absolute Gasteiger partial charge is 0.469 e. The molecule has 0 saturated heterocycles. The fourth-order valence-corrected chi connectivity index (χ4v) is 3.20. The third kappa shape index (κ3) is 3.62. The number of aromatic nitrogens is 1. The molecule has 0 bridgehead atoms. The number of anilines is 1. The highest BCUT2D eigenvalue weighted by molar-refractivity contribution is 6.08. The summed E-state index contributed by atoms with van der Waals surface area (Å²) in [5, 5.41) is 11.2. The van der Waals surface area contributed by atoms with Gasteiger partial charge in [0, 0.05) is 17.2 Å². The van der Waals surface area contributed by atoms with Crippen molar-refractivity contribution in [2.45, 2.75) is 13.0 Å². The smallest absolute Gasteiger partial charge is 0.366 e. The average Bonchev–Trinajstić information content (AvgIpc) is 2.76. The van der Waals surface area contributed by atoms with Crippen molar-refractivity contribution in [3.8, 4) is 5.75 Å². The van der Waals surface area contributed by atoms with Crippen LogP contribution in [0.3, 0.4) is 0 Å². The molecule has 1 aromatic heterocycles. The molecule has 0 N–H and O–H groups in total. The SMILES string of the molecule is Cc1ccc(C(=O)CN2C(=O)C(c3ccccc3)Oc3ccc([N+](=O)[O-])nc32)cc1. The Bertz CT molecular complexity index is 1130. The minimum atomic E-state index is -0.979. The van der Waals surface area contributed by atoms with Gasteiger partial charge in [-0.25, -0.2) is 0 Å². The van der Waals surface area contributed by atoms with E-state index in [-0.39, 0.29) is 23.9 Å². The zero-order chi connectivity index (χ0) is 21.3. The zero-order valence-electron chi connectivity index (χ0n) is 16.0. The van der Waals surface area contributed by atoms with Crippen molar-refractivity contribution in [2.75, 3.05) is 11.4 Å². The maximum atomic E-state index is 13.2. The molecule has 8 nitrogen and oxygen atoms in total. The lowest BCUT2D eigenvalue weighted by Crippen LogP contribution is -2.44. The molecule has 1 atom stereocenters. The molecule has 0 spiro atoms. The van der Waals surface area contributed by atoms with E-state index in [1.165, 1.54) is 12.1 Å². The lowest BCUT2D eigenvalue weighted by molar-refractivity contribution is -0.389. The second-order valence-corrected chi connectivity index (χ2v) is 6.87. The van der Waals surface area contributed by atoms with Crippen molar-refractivity contribution in [1.29, 1.82) is 0 Å². The number of rotatable bonds is 5. The Labute approximate surface area is 171 Å². The zero-order valence-corrected chi connectivity index (χ0v) is 16.0. The van der Waals surface area contributed by atoms with Gasteiger partial charge in [0.2, 0.25) is 6.10 Å². The third-order valence-corrected chi connectivity index (χ3v) is 4.78. The van der Waals surface area contributed by atoms with Crippen molar-refractivity contribution >= 4 is 23.3 Å². The van der Waals surface area contributed by atoms with Crippen molar-refractivity contribution in [1.82, 2.24) is 4.98 Å². The highest BCUT2D eigenvalue weighted by atomic mass is 16.6. The van der Waals surface area contributed by atoms with E-state index in [0.29, 0.717) is 11.1 Å². The van der Waals surface area contributed by atoms with Crippen LogP contribution in [0.4, 0.5) is 11.6 Å².